The van der Waals surface area contributed by atoms with E-state index in [1.807, 2.05) is 36.4 Å². The van der Waals surface area contributed by atoms with Crippen molar-refractivity contribution in [1.29, 1.82) is 0 Å². The molecule has 0 bridgehead atoms. The van der Waals surface area contributed by atoms with E-state index in [4.69, 9.17) is 15.6 Å². The molecule has 0 spiro atoms. The first-order valence-electron chi connectivity index (χ1n) is 6.50. The van der Waals surface area contributed by atoms with Crippen LogP contribution in [0.4, 0.5) is 0 Å². The maximum absolute atomic E-state index is 10.9. The average Bonchev–Trinajstić information content (AvgIpc) is 2.46. The Labute approximate surface area is 131 Å². The number of para-hydroxylation sites is 1. The van der Waals surface area contributed by atoms with Crippen molar-refractivity contribution >= 4 is 21.9 Å². The van der Waals surface area contributed by atoms with Crippen LogP contribution in [0.2, 0.25) is 0 Å². The van der Waals surface area contributed by atoms with Gasteiger partial charge in [-0.1, -0.05) is 36.4 Å². The molecular weight excluding hydrogens is 334 g/mol. The fourth-order valence-corrected chi connectivity index (χ4v) is 2.58. The van der Waals surface area contributed by atoms with Crippen LogP contribution in [0, 0.1) is 0 Å². The molecule has 0 atom stereocenters. The lowest BCUT2D eigenvalue weighted by Crippen LogP contribution is -2.07. The Balaban J connectivity index is 2.19. The first-order valence-corrected chi connectivity index (χ1v) is 7.30. The molecule has 0 aliphatic heterocycles. The molecule has 0 radical (unpaired) electrons. The lowest BCUT2D eigenvalue weighted by molar-refractivity contribution is -0.136. The van der Waals surface area contributed by atoms with Crippen LogP contribution < -0.4 is 10.5 Å². The summed E-state index contributed by atoms with van der Waals surface area (Å²) in [6, 6.07) is 13.1. The second kappa shape index (κ2) is 7.24. The molecule has 5 heteroatoms. The average molecular weight is 350 g/mol. The van der Waals surface area contributed by atoms with Crippen LogP contribution >= 0.6 is 15.9 Å². The van der Waals surface area contributed by atoms with Gasteiger partial charge in [0.25, 0.3) is 0 Å². The molecule has 4 nitrogen and oxygen atoms in total. The molecule has 0 unspecified atom stereocenters. The monoisotopic (exact) mass is 349 g/mol. The number of carboxylic acid groups (broad SMARTS) is 1. The highest BCUT2D eigenvalue weighted by Crippen LogP contribution is 2.29. The minimum atomic E-state index is -0.856. The van der Waals surface area contributed by atoms with Crippen molar-refractivity contribution in [2.45, 2.75) is 19.6 Å². The van der Waals surface area contributed by atoms with Crippen molar-refractivity contribution in [2.75, 3.05) is 0 Å². The number of aliphatic carboxylic acids is 1. The summed E-state index contributed by atoms with van der Waals surface area (Å²) >= 11 is 3.45. The number of nitrogens with two attached hydrogens (primary N) is 1. The Kier molecular flexibility index (Phi) is 5.36. The second-order valence-electron chi connectivity index (χ2n) is 4.56. The summed E-state index contributed by atoms with van der Waals surface area (Å²) in [6.07, 6.45) is -0.0146. The predicted molar refractivity (Wildman–Crippen MR) is 84.1 cm³/mol. The van der Waals surface area contributed by atoms with Crippen LogP contribution in [0.25, 0.3) is 0 Å². The minimum absolute atomic E-state index is 0.0146. The van der Waals surface area contributed by atoms with Crippen molar-refractivity contribution < 1.29 is 14.6 Å². The zero-order chi connectivity index (χ0) is 15.2. The number of ether oxygens (including phenoxy) is 1. The molecule has 0 aromatic heterocycles. The lowest BCUT2D eigenvalue weighted by atomic mass is 10.1. The molecule has 0 saturated heterocycles. The SMILES string of the molecule is NCc1cccc(Br)c1OCc1ccccc1CC(=O)O. The van der Waals surface area contributed by atoms with E-state index in [0.29, 0.717) is 18.9 Å². The smallest absolute Gasteiger partial charge is 0.307 e. The highest BCUT2D eigenvalue weighted by Gasteiger charge is 2.10. The van der Waals surface area contributed by atoms with Crippen LogP contribution in [0.15, 0.2) is 46.9 Å². The molecule has 2 rings (SSSR count). The third-order valence-corrected chi connectivity index (χ3v) is 3.72. The van der Waals surface area contributed by atoms with E-state index in [9.17, 15) is 4.79 Å². The Morgan fingerprint density at radius 2 is 1.76 bits per heavy atom. The Bertz CT molecular complexity index is 643. The van der Waals surface area contributed by atoms with Gasteiger partial charge in [0.05, 0.1) is 10.9 Å². The van der Waals surface area contributed by atoms with Gasteiger partial charge < -0.3 is 15.6 Å². The van der Waals surface area contributed by atoms with Crippen molar-refractivity contribution in [2.24, 2.45) is 5.73 Å². The van der Waals surface area contributed by atoms with Crippen molar-refractivity contribution in [3.63, 3.8) is 0 Å². The zero-order valence-corrected chi connectivity index (χ0v) is 13.0. The van der Waals surface area contributed by atoms with Crippen molar-refractivity contribution in [1.82, 2.24) is 0 Å². The Morgan fingerprint density at radius 3 is 2.43 bits per heavy atom. The maximum Gasteiger partial charge on any atom is 0.307 e. The van der Waals surface area contributed by atoms with Gasteiger partial charge in [-0.25, -0.2) is 0 Å². The number of hydrogen-bond donors (Lipinski definition) is 2. The van der Waals surface area contributed by atoms with Gasteiger partial charge in [-0.05, 0) is 33.1 Å². The highest BCUT2D eigenvalue weighted by molar-refractivity contribution is 9.10. The highest BCUT2D eigenvalue weighted by atomic mass is 79.9. The zero-order valence-electron chi connectivity index (χ0n) is 11.4. The molecule has 0 aliphatic carbocycles. The number of benzene rings is 2. The quantitative estimate of drug-likeness (QED) is 0.840. The summed E-state index contributed by atoms with van der Waals surface area (Å²) < 4.78 is 6.68. The lowest BCUT2D eigenvalue weighted by Gasteiger charge is -2.14. The van der Waals surface area contributed by atoms with E-state index in [1.54, 1.807) is 6.07 Å². The predicted octanol–water partition coefficient (Wildman–Crippen LogP) is 3.11. The van der Waals surface area contributed by atoms with Crippen LogP contribution in [0.5, 0.6) is 5.75 Å². The number of carboxylic acids is 1. The van der Waals surface area contributed by atoms with Gasteiger partial charge >= 0.3 is 5.97 Å². The molecule has 110 valence electrons. The van der Waals surface area contributed by atoms with E-state index >= 15 is 0 Å². The van der Waals surface area contributed by atoms with Crippen molar-refractivity contribution in [3.8, 4) is 5.75 Å². The van der Waals surface area contributed by atoms with Gasteiger partial charge in [0.2, 0.25) is 0 Å². The molecule has 0 saturated carbocycles. The summed E-state index contributed by atoms with van der Waals surface area (Å²) in [6.45, 7) is 0.685. The molecule has 2 aromatic carbocycles. The van der Waals surface area contributed by atoms with E-state index < -0.39 is 5.97 Å². The minimum Gasteiger partial charge on any atom is -0.487 e. The van der Waals surface area contributed by atoms with E-state index in [-0.39, 0.29) is 6.42 Å². The number of carbonyl (C=O) groups is 1. The largest absolute Gasteiger partial charge is 0.487 e. The summed E-state index contributed by atoms with van der Waals surface area (Å²) in [5.74, 6) is -0.156. The van der Waals surface area contributed by atoms with Crippen LogP contribution in [-0.2, 0) is 24.4 Å². The van der Waals surface area contributed by atoms with E-state index in [1.165, 1.54) is 0 Å². The van der Waals surface area contributed by atoms with Crippen LogP contribution in [0.1, 0.15) is 16.7 Å². The van der Waals surface area contributed by atoms with Crippen LogP contribution in [-0.4, -0.2) is 11.1 Å². The molecule has 2 aromatic rings. The number of halogens is 1. The van der Waals surface area contributed by atoms with E-state index in [2.05, 4.69) is 15.9 Å². The summed E-state index contributed by atoms with van der Waals surface area (Å²) in [5.41, 5.74) is 8.22. The van der Waals surface area contributed by atoms with Gasteiger partial charge in [0, 0.05) is 12.1 Å². The molecule has 0 heterocycles. The number of hydrogen-bond acceptors (Lipinski definition) is 3. The topological polar surface area (TPSA) is 72.5 Å². The van der Waals surface area contributed by atoms with Crippen molar-refractivity contribution in [3.05, 3.63) is 63.6 Å². The van der Waals surface area contributed by atoms with Gasteiger partial charge in [-0.2, -0.15) is 0 Å². The number of rotatable bonds is 6. The molecule has 0 fully saturated rings. The van der Waals surface area contributed by atoms with E-state index in [0.717, 1.165) is 21.2 Å². The molecule has 0 aliphatic rings. The Hall–Kier alpha value is -1.85. The summed E-state index contributed by atoms with van der Waals surface area (Å²) in [5, 5.41) is 8.94. The third kappa shape index (κ3) is 4.06. The molecule has 21 heavy (non-hydrogen) atoms. The van der Waals surface area contributed by atoms with Gasteiger partial charge in [0.15, 0.2) is 0 Å². The summed E-state index contributed by atoms with van der Waals surface area (Å²) in [7, 11) is 0. The molecule has 0 amide bonds. The standard InChI is InChI=1S/C16H16BrNO3/c17-14-7-3-6-12(9-18)16(14)21-10-13-5-2-1-4-11(13)8-15(19)20/h1-7H,8-10,18H2,(H,19,20). The van der Waals surface area contributed by atoms with Gasteiger partial charge in [-0.3, -0.25) is 4.79 Å². The first kappa shape index (κ1) is 15.5. The third-order valence-electron chi connectivity index (χ3n) is 3.10. The van der Waals surface area contributed by atoms with Gasteiger partial charge in [-0.15, -0.1) is 0 Å². The maximum atomic E-state index is 10.9. The second-order valence-corrected chi connectivity index (χ2v) is 5.41. The molecular formula is C16H16BrNO3. The Morgan fingerprint density at radius 1 is 1.10 bits per heavy atom. The fourth-order valence-electron chi connectivity index (χ4n) is 2.06. The normalized spacial score (nSPS) is 10.4. The summed E-state index contributed by atoms with van der Waals surface area (Å²) in [4.78, 5) is 10.9. The van der Waals surface area contributed by atoms with Crippen LogP contribution in [0.3, 0.4) is 0 Å². The first-order chi connectivity index (χ1) is 10.1. The fraction of sp³-hybridized carbons (Fsp3) is 0.188. The molecule has 3 N–H and O–H groups in total. The van der Waals surface area contributed by atoms with Gasteiger partial charge in [0.1, 0.15) is 12.4 Å².